The van der Waals surface area contributed by atoms with Crippen LogP contribution in [0.15, 0.2) is 12.4 Å². The minimum Gasteiger partial charge on any atom is -0.490 e. The van der Waals surface area contributed by atoms with E-state index in [0.717, 1.165) is 24.6 Å². The molecule has 1 aromatic heterocycles. The Kier molecular flexibility index (Phi) is 6.54. The molecule has 16 heavy (non-hydrogen) atoms. The molecule has 0 N–H and O–H groups in total. The summed E-state index contributed by atoms with van der Waals surface area (Å²) in [5.74, 6) is 1.56. The van der Waals surface area contributed by atoms with E-state index >= 15 is 0 Å². The molecule has 0 aliphatic carbocycles. The molecule has 3 heteroatoms. The molecule has 1 rings (SSSR count). The number of aromatic nitrogens is 2. The molecule has 0 radical (unpaired) electrons. The Morgan fingerprint density at radius 1 is 1.00 bits per heavy atom. The third kappa shape index (κ3) is 5.69. The molecule has 0 spiro atoms. The van der Waals surface area contributed by atoms with Gasteiger partial charge in [0.25, 0.3) is 0 Å². The highest BCUT2D eigenvalue weighted by atomic mass is 16.5. The number of hydrogen-bond acceptors (Lipinski definition) is 3. The van der Waals surface area contributed by atoms with Crippen molar-refractivity contribution >= 4 is 0 Å². The number of unbranched alkanes of at least 4 members (excludes halogenated alkanes) is 5. The third-order valence-corrected chi connectivity index (χ3v) is 2.52. The summed E-state index contributed by atoms with van der Waals surface area (Å²) < 4.78 is 5.54. The minimum atomic E-state index is 0.776. The molecule has 0 amide bonds. The van der Waals surface area contributed by atoms with E-state index in [4.69, 9.17) is 4.74 Å². The van der Waals surface area contributed by atoms with Gasteiger partial charge in [0, 0.05) is 0 Å². The number of rotatable bonds is 8. The first kappa shape index (κ1) is 12.9. The molecule has 0 saturated heterocycles. The van der Waals surface area contributed by atoms with Gasteiger partial charge >= 0.3 is 0 Å². The topological polar surface area (TPSA) is 35.0 Å². The molecule has 0 unspecified atom stereocenters. The van der Waals surface area contributed by atoms with Crippen molar-refractivity contribution in [2.45, 2.75) is 52.4 Å². The van der Waals surface area contributed by atoms with Gasteiger partial charge in [-0.1, -0.05) is 39.0 Å². The molecule has 0 bridgehead atoms. The Morgan fingerprint density at radius 3 is 2.31 bits per heavy atom. The highest BCUT2D eigenvalue weighted by Crippen LogP contribution is 2.08. The van der Waals surface area contributed by atoms with Crippen LogP contribution in [0.5, 0.6) is 5.75 Å². The predicted octanol–water partition coefficient (Wildman–Crippen LogP) is 3.52. The fraction of sp³-hybridized carbons (Fsp3) is 0.692. The van der Waals surface area contributed by atoms with Crippen LogP contribution in [0.25, 0.3) is 0 Å². The van der Waals surface area contributed by atoms with E-state index in [0.29, 0.717) is 0 Å². The molecule has 0 atom stereocenters. The Labute approximate surface area is 98.3 Å². The average Bonchev–Trinajstić information content (AvgIpc) is 2.30. The normalized spacial score (nSPS) is 10.4. The number of aryl methyl sites for hydroxylation is 1. The van der Waals surface area contributed by atoms with Gasteiger partial charge in [0.1, 0.15) is 5.82 Å². The Bertz CT molecular complexity index is 272. The van der Waals surface area contributed by atoms with E-state index < -0.39 is 0 Å². The summed E-state index contributed by atoms with van der Waals surface area (Å²) in [5.41, 5.74) is 0. The smallest absolute Gasteiger partial charge is 0.155 e. The van der Waals surface area contributed by atoms with Gasteiger partial charge in [-0.15, -0.1) is 0 Å². The number of nitrogens with zero attached hydrogens (tertiary/aromatic N) is 2. The van der Waals surface area contributed by atoms with E-state index in [1.54, 1.807) is 12.4 Å². The zero-order valence-corrected chi connectivity index (χ0v) is 10.4. The Balaban J connectivity index is 2.01. The fourth-order valence-electron chi connectivity index (χ4n) is 1.53. The molecule has 0 aliphatic rings. The van der Waals surface area contributed by atoms with Crippen molar-refractivity contribution in [1.82, 2.24) is 9.97 Å². The molecular weight excluding hydrogens is 200 g/mol. The summed E-state index contributed by atoms with van der Waals surface area (Å²) in [6, 6.07) is 0. The monoisotopic (exact) mass is 222 g/mol. The lowest BCUT2D eigenvalue weighted by molar-refractivity contribution is 0.302. The SMILES string of the molecule is CCCCCCCCOc1cnc(C)nc1. The van der Waals surface area contributed by atoms with E-state index in [1.807, 2.05) is 6.92 Å². The lowest BCUT2D eigenvalue weighted by atomic mass is 10.1. The van der Waals surface area contributed by atoms with Crippen LogP contribution in [0, 0.1) is 6.92 Å². The first-order valence-electron chi connectivity index (χ1n) is 6.24. The summed E-state index contributed by atoms with van der Waals surface area (Å²) in [6.07, 6.45) is 11.2. The predicted molar refractivity (Wildman–Crippen MR) is 65.6 cm³/mol. The van der Waals surface area contributed by atoms with Gasteiger partial charge in [-0.25, -0.2) is 9.97 Å². The van der Waals surface area contributed by atoms with Crippen molar-refractivity contribution in [3.05, 3.63) is 18.2 Å². The summed E-state index contributed by atoms with van der Waals surface area (Å²) in [7, 11) is 0. The lowest BCUT2D eigenvalue weighted by Gasteiger charge is -2.05. The largest absolute Gasteiger partial charge is 0.490 e. The van der Waals surface area contributed by atoms with Gasteiger partial charge in [-0.3, -0.25) is 0 Å². The van der Waals surface area contributed by atoms with E-state index in [-0.39, 0.29) is 0 Å². The van der Waals surface area contributed by atoms with E-state index in [1.165, 1.54) is 32.1 Å². The quantitative estimate of drug-likeness (QED) is 0.631. The molecule has 0 saturated carbocycles. The molecule has 90 valence electrons. The maximum atomic E-state index is 5.54. The summed E-state index contributed by atoms with van der Waals surface area (Å²) >= 11 is 0. The standard InChI is InChI=1S/C13H22N2O/c1-3-4-5-6-7-8-9-16-13-10-14-12(2)15-11-13/h10-11H,3-9H2,1-2H3. The molecule has 1 aromatic rings. The van der Waals surface area contributed by atoms with Gasteiger partial charge < -0.3 is 4.74 Å². The second kappa shape index (κ2) is 8.08. The number of hydrogen-bond donors (Lipinski definition) is 0. The van der Waals surface area contributed by atoms with Crippen molar-refractivity contribution < 1.29 is 4.74 Å². The number of ether oxygens (including phenoxy) is 1. The molecule has 0 aromatic carbocycles. The third-order valence-electron chi connectivity index (χ3n) is 2.52. The van der Waals surface area contributed by atoms with Crippen LogP contribution < -0.4 is 4.74 Å². The van der Waals surface area contributed by atoms with Crippen molar-refractivity contribution in [2.75, 3.05) is 6.61 Å². The second-order valence-electron chi connectivity index (χ2n) is 4.08. The van der Waals surface area contributed by atoms with Gasteiger partial charge in [0.15, 0.2) is 5.75 Å². The van der Waals surface area contributed by atoms with Crippen molar-refractivity contribution in [3.8, 4) is 5.75 Å². The van der Waals surface area contributed by atoms with Crippen molar-refractivity contribution in [1.29, 1.82) is 0 Å². The Hall–Kier alpha value is -1.12. The van der Waals surface area contributed by atoms with Crippen molar-refractivity contribution in [2.24, 2.45) is 0 Å². The van der Waals surface area contributed by atoms with E-state index in [2.05, 4.69) is 16.9 Å². The molecule has 1 heterocycles. The van der Waals surface area contributed by atoms with Crippen LogP contribution in [-0.4, -0.2) is 16.6 Å². The van der Waals surface area contributed by atoms with Crippen molar-refractivity contribution in [3.63, 3.8) is 0 Å². The molecule has 0 fully saturated rings. The van der Waals surface area contributed by atoms with Crippen LogP contribution in [0.2, 0.25) is 0 Å². The maximum Gasteiger partial charge on any atom is 0.155 e. The van der Waals surface area contributed by atoms with Gasteiger partial charge in [0.05, 0.1) is 19.0 Å². The maximum absolute atomic E-state index is 5.54. The molecular formula is C13H22N2O. The second-order valence-corrected chi connectivity index (χ2v) is 4.08. The Morgan fingerprint density at radius 2 is 1.62 bits per heavy atom. The van der Waals surface area contributed by atoms with Crippen LogP contribution in [0.1, 0.15) is 51.3 Å². The minimum absolute atomic E-state index is 0.776. The summed E-state index contributed by atoms with van der Waals surface area (Å²) in [6.45, 7) is 4.89. The molecule has 0 aliphatic heterocycles. The van der Waals surface area contributed by atoms with E-state index in [9.17, 15) is 0 Å². The van der Waals surface area contributed by atoms with Gasteiger partial charge in [0.2, 0.25) is 0 Å². The highest BCUT2D eigenvalue weighted by molar-refractivity contribution is 5.11. The lowest BCUT2D eigenvalue weighted by Crippen LogP contribution is -1.98. The zero-order chi connectivity index (χ0) is 11.6. The summed E-state index contributed by atoms with van der Waals surface area (Å²) in [4.78, 5) is 8.16. The molecule has 3 nitrogen and oxygen atoms in total. The average molecular weight is 222 g/mol. The zero-order valence-electron chi connectivity index (χ0n) is 10.4. The van der Waals surface area contributed by atoms with Crippen LogP contribution in [0.3, 0.4) is 0 Å². The fourth-order valence-corrected chi connectivity index (χ4v) is 1.53. The highest BCUT2D eigenvalue weighted by Gasteiger charge is 1.95. The van der Waals surface area contributed by atoms with Gasteiger partial charge in [-0.2, -0.15) is 0 Å². The van der Waals surface area contributed by atoms with Gasteiger partial charge in [-0.05, 0) is 13.3 Å². The first-order valence-corrected chi connectivity index (χ1v) is 6.24. The summed E-state index contributed by atoms with van der Waals surface area (Å²) in [5, 5.41) is 0. The first-order chi connectivity index (χ1) is 7.83. The van der Waals surface area contributed by atoms with Crippen LogP contribution >= 0.6 is 0 Å². The van der Waals surface area contributed by atoms with Crippen LogP contribution in [0.4, 0.5) is 0 Å². The van der Waals surface area contributed by atoms with Crippen LogP contribution in [-0.2, 0) is 0 Å².